The van der Waals surface area contributed by atoms with Crippen molar-refractivity contribution in [3.05, 3.63) is 0 Å². The zero-order chi connectivity index (χ0) is 11.4. The van der Waals surface area contributed by atoms with Gasteiger partial charge in [-0.25, -0.2) is 4.79 Å². The highest BCUT2D eigenvalue weighted by molar-refractivity contribution is 5.85. The van der Waals surface area contributed by atoms with E-state index in [0.717, 1.165) is 0 Å². The first kappa shape index (κ1) is 11.9. The van der Waals surface area contributed by atoms with Gasteiger partial charge in [0.2, 0.25) is 5.91 Å². The monoisotopic (exact) mass is 216 g/mol. The predicted octanol–water partition coefficient (Wildman–Crippen LogP) is -1.37. The minimum absolute atomic E-state index is 0.0399. The largest absolute Gasteiger partial charge is 0.480 e. The summed E-state index contributed by atoms with van der Waals surface area (Å²) in [7, 11) is 0. The van der Waals surface area contributed by atoms with Crippen molar-refractivity contribution in [3.63, 3.8) is 0 Å². The van der Waals surface area contributed by atoms with Crippen molar-refractivity contribution in [1.29, 1.82) is 0 Å². The molecule has 15 heavy (non-hydrogen) atoms. The molecule has 1 saturated heterocycles. The Morgan fingerprint density at radius 3 is 2.73 bits per heavy atom. The summed E-state index contributed by atoms with van der Waals surface area (Å²) < 4.78 is 0. The first-order valence-electron chi connectivity index (χ1n) is 4.93. The van der Waals surface area contributed by atoms with Gasteiger partial charge in [-0.05, 0) is 12.5 Å². The van der Waals surface area contributed by atoms with Crippen LogP contribution >= 0.6 is 0 Å². The molecular formula is C9H16N2O4. The van der Waals surface area contributed by atoms with Crippen LogP contribution in [0.25, 0.3) is 0 Å². The Hall–Kier alpha value is -1.14. The smallest absolute Gasteiger partial charge is 0.326 e. The van der Waals surface area contributed by atoms with Crippen LogP contribution in [-0.4, -0.2) is 52.7 Å². The van der Waals surface area contributed by atoms with E-state index in [-0.39, 0.29) is 24.9 Å². The van der Waals surface area contributed by atoms with Gasteiger partial charge in [0.25, 0.3) is 0 Å². The van der Waals surface area contributed by atoms with E-state index in [1.165, 1.54) is 4.90 Å². The quantitative estimate of drug-likeness (QED) is 0.526. The number of carbonyl (C=O) groups is 2. The van der Waals surface area contributed by atoms with Gasteiger partial charge in [0.05, 0.1) is 0 Å². The number of nitrogens with zero attached hydrogens (tertiary/aromatic N) is 1. The van der Waals surface area contributed by atoms with Crippen LogP contribution in [0.15, 0.2) is 0 Å². The number of carboxylic acids is 1. The third-order valence-corrected chi connectivity index (χ3v) is 2.64. The number of carbonyl (C=O) groups excluding carboxylic acids is 1. The van der Waals surface area contributed by atoms with Crippen molar-refractivity contribution in [1.82, 2.24) is 4.90 Å². The molecule has 0 aromatic heterocycles. The van der Waals surface area contributed by atoms with Gasteiger partial charge in [-0.1, -0.05) is 0 Å². The summed E-state index contributed by atoms with van der Waals surface area (Å²) in [4.78, 5) is 23.7. The molecule has 0 aromatic carbocycles. The van der Waals surface area contributed by atoms with Crippen LogP contribution in [0.3, 0.4) is 0 Å². The third kappa shape index (κ3) is 2.66. The maximum Gasteiger partial charge on any atom is 0.326 e. The molecule has 1 rings (SSSR count). The Morgan fingerprint density at radius 2 is 2.33 bits per heavy atom. The van der Waals surface area contributed by atoms with Crippen molar-refractivity contribution in [2.75, 3.05) is 19.7 Å². The maximum absolute atomic E-state index is 11.5. The minimum Gasteiger partial charge on any atom is -0.480 e. The predicted molar refractivity (Wildman–Crippen MR) is 52.0 cm³/mol. The highest BCUT2D eigenvalue weighted by Gasteiger charge is 2.36. The van der Waals surface area contributed by atoms with Gasteiger partial charge in [-0.15, -0.1) is 0 Å². The highest BCUT2D eigenvalue weighted by atomic mass is 16.4. The lowest BCUT2D eigenvalue weighted by Gasteiger charge is -2.23. The fraction of sp³-hybridized carbons (Fsp3) is 0.778. The number of aliphatic carboxylic acids is 1. The summed E-state index contributed by atoms with van der Waals surface area (Å²) in [5.74, 6) is -1.22. The molecule has 6 nitrogen and oxygen atoms in total. The molecule has 0 saturated carbocycles. The van der Waals surface area contributed by atoms with Gasteiger partial charge in [0, 0.05) is 26.0 Å². The fourth-order valence-corrected chi connectivity index (χ4v) is 1.80. The van der Waals surface area contributed by atoms with Crippen molar-refractivity contribution >= 4 is 11.9 Å². The average molecular weight is 216 g/mol. The van der Waals surface area contributed by atoms with Crippen molar-refractivity contribution in [3.8, 4) is 0 Å². The Labute approximate surface area is 87.7 Å². The van der Waals surface area contributed by atoms with Crippen LogP contribution < -0.4 is 5.73 Å². The van der Waals surface area contributed by atoms with Crippen molar-refractivity contribution < 1.29 is 19.8 Å². The molecule has 4 N–H and O–H groups in total. The summed E-state index contributed by atoms with van der Waals surface area (Å²) in [6.07, 6.45) is 0.379. The Morgan fingerprint density at radius 1 is 1.67 bits per heavy atom. The number of amides is 1. The zero-order valence-electron chi connectivity index (χ0n) is 8.43. The fourth-order valence-electron chi connectivity index (χ4n) is 1.80. The normalized spacial score (nSPS) is 23.2. The van der Waals surface area contributed by atoms with E-state index in [0.29, 0.717) is 19.5 Å². The summed E-state index contributed by atoms with van der Waals surface area (Å²) in [6, 6.07) is -0.918. The molecule has 1 amide bonds. The lowest BCUT2D eigenvalue weighted by molar-refractivity contribution is -0.149. The molecule has 6 heteroatoms. The van der Waals surface area contributed by atoms with E-state index in [2.05, 4.69) is 0 Å². The van der Waals surface area contributed by atoms with E-state index in [4.69, 9.17) is 15.9 Å². The van der Waals surface area contributed by atoms with E-state index in [1.54, 1.807) is 0 Å². The number of nitrogens with two attached hydrogens (primary N) is 1. The molecule has 0 aromatic rings. The van der Waals surface area contributed by atoms with E-state index < -0.39 is 12.0 Å². The molecule has 1 aliphatic heterocycles. The van der Waals surface area contributed by atoms with Gasteiger partial charge in [-0.2, -0.15) is 0 Å². The summed E-state index contributed by atoms with van der Waals surface area (Å²) >= 11 is 0. The Kier molecular flexibility index (Phi) is 4.05. The second-order valence-electron chi connectivity index (χ2n) is 3.72. The first-order valence-corrected chi connectivity index (χ1v) is 4.93. The number of carboxylic acid groups (broad SMARTS) is 1. The van der Waals surface area contributed by atoms with Gasteiger partial charge in [0.1, 0.15) is 6.04 Å². The number of aliphatic hydroxyl groups is 1. The van der Waals surface area contributed by atoms with Crippen LogP contribution in [0.1, 0.15) is 12.8 Å². The minimum atomic E-state index is -1.07. The van der Waals surface area contributed by atoms with Gasteiger partial charge in [-0.3, -0.25) is 4.79 Å². The average Bonchev–Trinajstić information content (AvgIpc) is 2.55. The summed E-state index contributed by atoms with van der Waals surface area (Å²) in [6.45, 7) is 0.522. The molecule has 1 heterocycles. The van der Waals surface area contributed by atoms with Crippen molar-refractivity contribution in [2.24, 2.45) is 11.7 Å². The van der Waals surface area contributed by atoms with Crippen LogP contribution in [0.2, 0.25) is 0 Å². The van der Waals surface area contributed by atoms with E-state index >= 15 is 0 Å². The number of rotatable bonds is 5. The highest BCUT2D eigenvalue weighted by Crippen LogP contribution is 2.20. The SMILES string of the molecule is NCC1CC(=O)N(C(CCO)C(=O)O)C1. The molecular weight excluding hydrogens is 200 g/mol. The lowest BCUT2D eigenvalue weighted by Crippen LogP contribution is -2.43. The molecule has 0 bridgehead atoms. The lowest BCUT2D eigenvalue weighted by atomic mass is 10.1. The molecule has 0 radical (unpaired) electrons. The number of hydrogen-bond acceptors (Lipinski definition) is 4. The second-order valence-corrected chi connectivity index (χ2v) is 3.72. The van der Waals surface area contributed by atoms with Crippen LogP contribution in [0.4, 0.5) is 0 Å². The van der Waals surface area contributed by atoms with E-state index in [1.807, 2.05) is 0 Å². The van der Waals surface area contributed by atoms with E-state index in [9.17, 15) is 9.59 Å². The topological polar surface area (TPSA) is 104 Å². The van der Waals surface area contributed by atoms with Crippen LogP contribution in [0.5, 0.6) is 0 Å². The standard InChI is InChI=1S/C9H16N2O4/c10-4-6-3-8(13)11(5-6)7(1-2-12)9(14)15/h6-7,12H,1-5,10H2,(H,14,15). The molecule has 0 aliphatic carbocycles. The first-order chi connectivity index (χ1) is 7.10. The van der Waals surface area contributed by atoms with Crippen LogP contribution in [0, 0.1) is 5.92 Å². The number of hydrogen-bond donors (Lipinski definition) is 3. The van der Waals surface area contributed by atoms with Crippen molar-refractivity contribution in [2.45, 2.75) is 18.9 Å². The zero-order valence-corrected chi connectivity index (χ0v) is 8.43. The molecule has 86 valence electrons. The molecule has 1 aliphatic rings. The Balaban J connectivity index is 2.68. The third-order valence-electron chi connectivity index (χ3n) is 2.64. The van der Waals surface area contributed by atoms with Gasteiger partial charge >= 0.3 is 5.97 Å². The summed E-state index contributed by atoms with van der Waals surface area (Å²) in [5, 5.41) is 17.6. The second kappa shape index (κ2) is 5.09. The van der Waals surface area contributed by atoms with Crippen LogP contribution in [-0.2, 0) is 9.59 Å². The maximum atomic E-state index is 11.5. The van der Waals surface area contributed by atoms with Gasteiger partial charge < -0.3 is 20.8 Å². The molecule has 1 fully saturated rings. The molecule has 0 spiro atoms. The number of aliphatic hydroxyl groups excluding tert-OH is 1. The number of likely N-dealkylation sites (tertiary alicyclic amines) is 1. The Bertz CT molecular complexity index is 256. The van der Waals surface area contributed by atoms with Gasteiger partial charge in [0.15, 0.2) is 0 Å². The summed E-state index contributed by atoms with van der Waals surface area (Å²) in [5.41, 5.74) is 5.43. The molecule has 2 unspecified atom stereocenters. The molecule has 2 atom stereocenters.